The monoisotopic (exact) mass is 404 g/mol. The topological polar surface area (TPSA) is 101 Å². The molecule has 1 atom stereocenters. The summed E-state index contributed by atoms with van der Waals surface area (Å²) in [5, 5.41) is 11.0. The van der Waals surface area contributed by atoms with Gasteiger partial charge in [0.1, 0.15) is 11.4 Å². The summed E-state index contributed by atoms with van der Waals surface area (Å²) in [6.07, 6.45) is 4.54. The summed E-state index contributed by atoms with van der Waals surface area (Å²) in [5.74, 6) is 1.67. The van der Waals surface area contributed by atoms with Gasteiger partial charge in [-0.2, -0.15) is 4.98 Å². The van der Waals surface area contributed by atoms with Gasteiger partial charge in [0.05, 0.1) is 34.9 Å². The first-order chi connectivity index (χ1) is 13.6. The first-order valence-electron chi connectivity index (χ1n) is 9.16. The van der Waals surface area contributed by atoms with E-state index in [0.29, 0.717) is 41.3 Å². The summed E-state index contributed by atoms with van der Waals surface area (Å²) in [5.41, 5.74) is 2.27. The van der Waals surface area contributed by atoms with E-state index < -0.39 is 0 Å². The van der Waals surface area contributed by atoms with Gasteiger partial charge in [-0.15, -0.1) is 4.91 Å². The lowest BCUT2D eigenvalue weighted by atomic mass is 10.1. The van der Waals surface area contributed by atoms with Crippen LogP contribution in [0, 0.1) is 4.91 Å². The second kappa shape index (κ2) is 8.15. The van der Waals surface area contributed by atoms with E-state index in [9.17, 15) is 4.91 Å². The van der Waals surface area contributed by atoms with Gasteiger partial charge < -0.3 is 20.1 Å². The number of anilines is 4. The number of aromatic nitrogens is 2. The fourth-order valence-corrected chi connectivity index (χ4v) is 3.48. The normalized spacial score (nSPS) is 17.7. The molecule has 1 aromatic carbocycles. The highest BCUT2D eigenvalue weighted by molar-refractivity contribution is 6.33. The molecule has 0 radical (unpaired) electrons. The van der Waals surface area contributed by atoms with Gasteiger partial charge in [0, 0.05) is 32.7 Å². The molecule has 3 heterocycles. The van der Waals surface area contributed by atoms with Crippen LogP contribution in [0.4, 0.5) is 23.1 Å². The molecule has 28 heavy (non-hydrogen) atoms. The summed E-state index contributed by atoms with van der Waals surface area (Å²) >= 11 is 6.35. The molecule has 2 aromatic rings. The number of nitrogens with zero attached hydrogens (tertiary/aromatic N) is 4. The number of benzene rings is 1. The molecular weight excluding hydrogens is 384 g/mol. The van der Waals surface area contributed by atoms with Crippen molar-refractivity contribution in [1.29, 1.82) is 0 Å². The van der Waals surface area contributed by atoms with E-state index in [-0.39, 0.29) is 6.10 Å². The Bertz CT molecular complexity index is 875. The molecule has 0 spiro atoms. The highest BCUT2D eigenvalue weighted by atomic mass is 35.5. The van der Waals surface area contributed by atoms with Gasteiger partial charge in [0.15, 0.2) is 5.82 Å². The molecule has 1 aromatic heterocycles. The Hall–Kier alpha value is -2.65. The lowest BCUT2D eigenvalue weighted by molar-refractivity contribution is 0.120. The third kappa shape index (κ3) is 3.95. The van der Waals surface area contributed by atoms with Crippen molar-refractivity contribution < 1.29 is 9.47 Å². The highest BCUT2D eigenvalue weighted by Gasteiger charge is 2.19. The molecule has 0 amide bonds. The zero-order chi connectivity index (χ0) is 19.5. The van der Waals surface area contributed by atoms with Gasteiger partial charge >= 0.3 is 0 Å². The maximum atomic E-state index is 11.0. The van der Waals surface area contributed by atoms with E-state index in [2.05, 4.69) is 25.9 Å². The van der Waals surface area contributed by atoms with E-state index >= 15 is 0 Å². The average molecular weight is 405 g/mol. The minimum atomic E-state index is 0.125. The number of rotatable bonds is 7. The van der Waals surface area contributed by atoms with Crippen LogP contribution in [0.3, 0.4) is 0 Å². The molecule has 1 saturated heterocycles. The molecule has 1 unspecified atom stereocenters. The highest BCUT2D eigenvalue weighted by Crippen LogP contribution is 2.35. The van der Waals surface area contributed by atoms with Crippen LogP contribution in [0.15, 0.2) is 23.6 Å². The van der Waals surface area contributed by atoms with Crippen molar-refractivity contribution in [3.63, 3.8) is 0 Å². The SMILES string of the molecule is CN(N=O)c1cnc(Nc2cc3c(cc2Cl)OCC3)nc1NCC1CCCO1. The van der Waals surface area contributed by atoms with Crippen LogP contribution in [-0.2, 0) is 11.2 Å². The summed E-state index contributed by atoms with van der Waals surface area (Å²) in [4.78, 5) is 19.8. The summed E-state index contributed by atoms with van der Waals surface area (Å²) in [7, 11) is 1.55. The number of hydrogen-bond donors (Lipinski definition) is 2. The van der Waals surface area contributed by atoms with E-state index in [1.54, 1.807) is 19.3 Å². The van der Waals surface area contributed by atoms with Crippen LogP contribution in [0.5, 0.6) is 5.75 Å². The smallest absolute Gasteiger partial charge is 0.229 e. The van der Waals surface area contributed by atoms with Crippen molar-refractivity contribution in [3.05, 3.63) is 33.8 Å². The van der Waals surface area contributed by atoms with E-state index in [1.807, 2.05) is 6.07 Å². The molecule has 4 rings (SSSR count). The van der Waals surface area contributed by atoms with E-state index in [0.717, 1.165) is 37.2 Å². The minimum Gasteiger partial charge on any atom is -0.493 e. The molecule has 0 aliphatic carbocycles. The Kier molecular flexibility index (Phi) is 5.45. The Morgan fingerprint density at radius 3 is 3.07 bits per heavy atom. The first-order valence-corrected chi connectivity index (χ1v) is 9.53. The molecule has 9 nitrogen and oxygen atoms in total. The van der Waals surface area contributed by atoms with Crippen LogP contribution in [0.2, 0.25) is 5.02 Å². The van der Waals surface area contributed by atoms with Gasteiger partial charge in [-0.3, -0.25) is 0 Å². The fraction of sp³-hybridized carbons (Fsp3) is 0.444. The summed E-state index contributed by atoms with van der Waals surface area (Å²) in [6, 6.07) is 3.74. The van der Waals surface area contributed by atoms with Gasteiger partial charge in [-0.25, -0.2) is 9.99 Å². The second-order valence-electron chi connectivity index (χ2n) is 6.71. The summed E-state index contributed by atoms with van der Waals surface area (Å²) in [6.45, 7) is 2.02. The number of nitrogens with one attached hydrogen (secondary N) is 2. The van der Waals surface area contributed by atoms with Crippen molar-refractivity contribution >= 4 is 34.7 Å². The van der Waals surface area contributed by atoms with Crippen molar-refractivity contribution in [2.75, 3.05) is 42.4 Å². The number of nitroso groups, excluding NO2 is 1. The number of hydrogen-bond acceptors (Lipinski definition) is 8. The Morgan fingerprint density at radius 1 is 1.39 bits per heavy atom. The molecule has 10 heteroatoms. The van der Waals surface area contributed by atoms with Crippen LogP contribution in [-0.4, -0.2) is 42.9 Å². The molecule has 2 aliphatic heterocycles. The first kappa shape index (κ1) is 18.7. The zero-order valence-electron chi connectivity index (χ0n) is 15.4. The predicted octanol–water partition coefficient (Wildman–Crippen LogP) is 3.52. The Balaban J connectivity index is 1.57. The Labute approximate surface area is 167 Å². The molecular formula is C18H21ClN6O3. The molecule has 0 saturated carbocycles. The molecule has 2 aliphatic rings. The lowest BCUT2D eigenvalue weighted by Crippen LogP contribution is -2.21. The molecule has 2 N–H and O–H groups in total. The van der Waals surface area contributed by atoms with Gasteiger partial charge in [0.2, 0.25) is 5.95 Å². The average Bonchev–Trinajstić information content (AvgIpc) is 3.38. The van der Waals surface area contributed by atoms with Crippen molar-refractivity contribution in [2.24, 2.45) is 5.29 Å². The minimum absolute atomic E-state index is 0.125. The van der Waals surface area contributed by atoms with Crippen LogP contribution < -0.4 is 20.4 Å². The molecule has 1 fully saturated rings. The standard InChI is InChI=1S/C18H21ClN6O3/c1-25(24-26)15-10-21-18(23-17(15)20-9-12-3-2-5-27-12)22-14-7-11-4-6-28-16(11)8-13(14)19/h7-8,10,12H,2-6,9H2,1H3,(H2,20,21,22,23). The van der Waals surface area contributed by atoms with Crippen LogP contribution in [0.1, 0.15) is 18.4 Å². The molecule has 0 bridgehead atoms. The Morgan fingerprint density at radius 2 is 2.29 bits per heavy atom. The molecule has 148 valence electrons. The second-order valence-corrected chi connectivity index (χ2v) is 7.12. The van der Waals surface area contributed by atoms with Crippen LogP contribution >= 0.6 is 11.6 Å². The quantitative estimate of drug-likeness (QED) is 0.534. The third-order valence-electron chi connectivity index (χ3n) is 4.79. The van der Waals surface area contributed by atoms with Crippen molar-refractivity contribution in [3.8, 4) is 5.75 Å². The van der Waals surface area contributed by atoms with Crippen molar-refractivity contribution in [2.45, 2.75) is 25.4 Å². The zero-order valence-corrected chi connectivity index (χ0v) is 16.2. The van der Waals surface area contributed by atoms with E-state index in [1.165, 1.54) is 5.01 Å². The fourth-order valence-electron chi connectivity index (χ4n) is 3.28. The van der Waals surface area contributed by atoms with Gasteiger partial charge in [0.25, 0.3) is 0 Å². The summed E-state index contributed by atoms with van der Waals surface area (Å²) < 4.78 is 11.2. The lowest BCUT2D eigenvalue weighted by Gasteiger charge is -2.18. The van der Waals surface area contributed by atoms with Crippen molar-refractivity contribution in [1.82, 2.24) is 9.97 Å². The number of ether oxygens (including phenoxy) is 2. The number of halogens is 1. The van der Waals surface area contributed by atoms with Gasteiger partial charge in [-0.05, 0) is 24.5 Å². The number of fused-ring (bicyclic) bond motifs is 1. The van der Waals surface area contributed by atoms with E-state index in [4.69, 9.17) is 21.1 Å². The largest absolute Gasteiger partial charge is 0.493 e. The maximum absolute atomic E-state index is 11.0. The predicted molar refractivity (Wildman–Crippen MR) is 108 cm³/mol. The van der Waals surface area contributed by atoms with Crippen LogP contribution in [0.25, 0.3) is 0 Å². The van der Waals surface area contributed by atoms with Gasteiger partial charge in [-0.1, -0.05) is 11.6 Å². The maximum Gasteiger partial charge on any atom is 0.229 e. The third-order valence-corrected chi connectivity index (χ3v) is 5.10.